The molecule has 128 valence electrons. The van der Waals surface area contributed by atoms with E-state index in [0.29, 0.717) is 12.0 Å². The predicted molar refractivity (Wildman–Crippen MR) is 86.6 cm³/mol. The van der Waals surface area contributed by atoms with Crippen LogP contribution in [0.3, 0.4) is 0 Å². The minimum Gasteiger partial charge on any atom is -0.496 e. The van der Waals surface area contributed by atoms with Gasteiger partial charge in [-0.3, -0.25) is 0 Å². The lowest BCUT2D eigenvalue weighted by atomic mass is 10.0. The molecular formula is C17H17FO5S. The fourth-order valence-electron chi connectivity index (χ4n) is 2.46. The van der Waals surface area contributed by atoms with Gasteiger partial charge in [0.05, 0.1) is 17.8 Å². The van der Waals surface area contributed by atoms with Crippen LogP contribution in [0.5, 0.6) is 5.75 Å². The van der Waals surface area contributed by atoms with Crippen molar-refractivity contribution in [1.29, 1.82) is 0 Å². The standard InChI is InChI=1S/C17H17FO5S/c1-3-11-4-5-12(15(17(19)20)16(11)23-2)10-24(21,22)14-8-6-13(18)7-9-14/h4-9H,3,10H2,1-2H3,(H,19,20). The van der Waals surface area contributed by atoms with E-state index in [0.717, 1.165) is 24.3 Å². The normalized spacial score (nSPS) is 11.3. The van der Waals surface area contributed by atoms with Gasteiger partial charge in [0.1, 0.15) is 17.1 Å². The molecule has 0 atom stereocenters. The van der Waals surface area contributed by atoms with Gasteiger partial charge in [0.25, 0.3) is 0 Å². The molecular weight excluding hydrogens is 335 g/mol. The van der Waals surface area contributed by atoms with Gasteiger partial charge in [0, 0.05) is 0 Å². The van der Waals surface area contributed by atoms with E-state index >= 15 is 0 Å². The Bertz CT molecular complexity index is 857. The summed E-state index contributed by atoms with van der Waals surface area (Å²) in [5.74, 6) is -2.15. The van der Waals surface area contributed by atoms with E-state index in [1.54, 1.807) is 6.07 Å². The third-order valence-corrected chi connectivity index (χ3v) is 5.32. The molecule has 0 saturated heterocycles. The fourth-order valence-corrected chi connectivity index (χ4v) is 3.83. The Labute approximate surface area is 139 Å². The van der Waals surface area contributed by atoms with Crippen molar-refractivity contribution in [3.05, 3.63) is 58.9 Å². The van der Waals surface area contributed by atoms with E-state index in [9.17, 15) is 22.7 Å². The van der Waals surface area contributed by atoms with E-state index < -0.39 is 27.4 Å². The topological polar surface area (TPSA) is 80.7 Å². The second-order valence-corrected chi connectivity index (χ2v) is 7.15. The summed E-state index contributed by atoms with van der Waals surface area (Å²) in [6.45, 7) is 1.85. The zero-order chi connectivity index (χ0) is 17.9. The highest BCUT2D eigenvalue weighted by atomic mass is 32.2. The van der Waals surface area contributed by atoms with Gasteiger partial charge in [-0.2, -0.15) is 0 Å². The Hall–Kier alpha value is -2.41. The smallest absolute Gasteiger partial charge is 0.339 e. The molecule has 0 aromatic heterocycles. The predicted octanol–water partition coefficient (Wildman–Crippen LogP) is 3.07. The number of aromatic carboxylic acids is 1. The number of ether oxygens (including phenoxy) is 1. The molecule has 0 heterocycles. The number of carboxylic acids is 1. The van der Waals surface area contributed by atoms with Gasteiger partial charge in [-0.05, 0) is 41.8 Å². The van der Waals surface area contributed by atoms with Crippen LogP contribution in [-0.4, -0.2) is 26.6 Å². The van der Waals surface area contributed by atoms with Gasteiger partial charge in [-0.25, -0.2) is 17.6 Å². The molecule has 0 aliphatic carbocycles. The zero-order valence-corrected chi connectivity index (χ0v) is 14.1. The van der Waals surface area contributed by atoms with Crippen molar-refractivity contribution in [3.63, 3.8) is 0 Å². The molecule has 0 fully saturated rings. The van der Waals surface area contributed by atoms with Crippen molar-refractivity contribution in [3.8, 4) is 5.75 Å². The minimum atomic E-state index is -3.82. The molecule has 0 aliphatic rings. The van der Waals surface area contributed by atoms with Gasteiger partial charge < -0.3 is 9.84 Å². The fraction of sp³-hybridized carbons (Fsp3) is 0.235. The molecule has 0 spiro atoms. The van der Waals surface area contributed by atoms with E-state index in [2.05, 4.69) is 0 Å². The molecule has 0 radical (unpaired) electrons. The Morgan fingerprint density at radius 1 is 1.12 bits per heavy atom. The van der Waals surface area contributed by atoms with E-state index in [-0.39, 0.29) is 21.8 Å². The minimum absolute atomic E-state index is 0.0706. The Morgan fingerprint density at radius 3 is 2.21 bits per heavy atom. The van der Waals surface area contributed by atoms with Crippen molar-refractivity contribution >= 4 is 15.8 Å². The van der Waals surface area contributed by atoms with E-state index in [1.165, 1.54) is 13.2 Å². The van der Waals surface area contributed by atoms with E-state index in [4.69, 9.17) is 4.74 Å². The lowest BCUT2D eigenvalue weighted by Gasteiger charge is -2.14. The van der Waals surface area contributed by atoms with Crippen LogP contribution >= 0.6 is 0 Å². The third-order valence-electron chi connectivity index (χ3n) is 3.64. The first kappa shape index (κ1) is 17.9. The maximum Gasteiger partial charge on any atom is 0.339 e. The molecule has 0 unspecified atom stereocenters. The maximum atomic E-state index is 13.0. The van der Waals surface area contributed by atoms with Crippen LogP contribution in [0.2, 0.25) is 0 Å². The molecule has 2 aromatic carbocycles. The van der Waals surface area contributed by atoms with Crippen LogP contribution in [-0.2, 0) is 22.0 Å². The molecule has 0 aliphatic heterocycles. The van der Waals surface area contributed by atoms with Crippen LogP contribution in [0.1, 0.15) is 28.4 Å². The molecule has 0 amide bonds. The highest BCUT2D eigenvalue weighted by Crippen LogP contribution is 2.30. The highest BCUT2D eigenvalue weighted by Gasteiger charge is 2.24. The van der Waals surface area contributed by atoms with Gasteiger partial charge in [-0.1, -0.05) is 19.1 Å². The average Bonchev–Trinajstić information content (AvgIpc) is 2.54. The maximum absolute atomic E-state index is 13.0. The highest BCUT2D eigenvalue weighted by molar-refractivity contribution is 7.90. The second-order valence-electron chi connectivity index (χ2n) is 5.16. The van der Waals surface area contributed by atoms with Crippen LogP contribution < -0.4 is 4.74 Å². The molecule has 5 nitrogen and oxygen atoms in total. The first-order valence-corrected chi connectivity index (χ1v) is 8.85. The number of hydrogen-bond acceptors (Lipinski definition) is 4. The molecule has 2 rings (SSSR count). The van der Waals surface area contributed by atoms with Crippen molar-refractivity contribution in [2.75, 3.05) is 7.11 Å². The summed E-state index contributed by atoms with van der Waals surface area (Å²) < 4.78 is 43.1. The van der Waals surface area contributed by atoms with Crippen LogP contribution in [0.25, 0.3) is 0 Å². The Balaban J connectivity index is 2.53. The SMILES string of the molecule is CCc1ccc(CS(=O)(=O)c2ccc(F)cc2)c(C(=O)O)c1OC. The zero-order valence-electron chi connectivity index (χ0n) is 13.2. The van der Waals surface area contributed by atoms with Crippen LogP contribution in [0, 0.1) is 5.82 Å². The van der Waals surface area contributed by atoms with Crippen molar-refractivity contribution in [2.24, 2.45) is 0 Å². The number of sulfone groups is 1. The lowest BCUT2D eigenvalue weighted by Crippen LogP contribution is -2.12. The quantitative estimate of drug-likeness (QED) is 0.808. The molecule has 24 heavy (non-hydrogen) atoms. The Morgan fingerprint density at radius 2 is 1.71 bits per heavy atom. The number of hydrogen-bond donors (Lipinski definition) is 1. The van der Waals surface area contributed by atoms with Crippen LogP contribution in [0.4, 0.5) is 4.39 Å². The van der Waals surface area contributed by atoms with Crippen molar-refractivity contribution in [2.45, 2.75) is 24.0 Å². The van der Waals surface area contributed by atoms with Crippen molar-refractivity contribution < 1.29 is 27.4 Å². The second kappa shape index (κ2) is 7.00. The number of carboxylic acid groups (broad SMARTS) is 1. The number of halogens is 1. The summed E-state index contributed by atoms with van der Waals surface area (Å²) in [5.41, 5.74) is 0.640. The average molecular weight is 352 g/mol. The Kier molecular flexibility index (Phi) is 5.23. The number of carbonyl (C=O) groups is 1. The number of aryl methyl sites for hydroxylation is 1. The molecule has 0 bridgehead atoms. The summed E-state index contributed by atoms with van der Waals surface area (Å²) in [5, 5.41) is 9.48. The summed E-state index contributed by atoms with van der Waals surface area (Å²) in [6.07, 6.45) is 0.550. The number of rotatable bonds is 6. The largest absolute Gasteiger partial charge is 0.496 e. The monoisotopic (exact) mass is 352 g/mol. The van der Waals surface area contributed by atoms with Crippen molar-refractivity contribution in [1.82, 2.24) is 0 Å². The number of methoxy groups -OCH3 is 1. The first-order chi connectivity index (χ1) is 11.3. The molecule has 7 heteroatoms. The summed E-state index contributed by atoms with van der Waals surface area (Å²) in [6, 6.07) is 7.54. The summed E-state index contributed by atoms with van der Waals surface area (Å²) >= 11 is 0. The number of benzene rings is 2. The third kappa shape index (κ3) is 3.56. The molecule has 2 aromatic rings. The molecule has 1 N–H and O–H groups in total. The lowest BCUT2D eigenvalue weighted by molar-refractivity contribution is 0.0692. The van der Waals surface area contributed by atoms with Gasteiger partial charge in [-0.15, -0.1) is 0 Å². The summed E-state index contributed by atoms with van der Waals surface area (Å²) in [7, 11) is -2.47. The van der Waals surface area contributed by atoms with Crippen LogP contribution in [0.15, 0.2) is 41.3 Å². The van der Waals surface area contributed by atoms with Gasteiger partial charge >= 0.3 is 5.97 Å². The molecule has 0 saturated carbocycles. The van der Waals surface area contributed by atoms with Gasteiger partial charge in [0.2, 0.25) is 0 Å². The van der Waals surface area contributed by atoms with E-state index in [1.807, 2.05) is 6.92 Å². The summed E-state index contributed by atoms with van der Waals surface area (Å²) in [4.78, 5) is 11.5. The first-order valence-electron chi connectivity index (χ1n) is 7.20. The van der Waals surface area contributed by atoms with Gasteiger partial charge in [0.15, 0.2) is 9.84 Å².